The molecular formula is C10H13F3N2. The minimum absolute atomic E-state index is 0.0835. The third-order valence-electron chi connectivity index (χ3n) is 2.27. The van der Waals surface area contributed by atoms with E-state index in [0.717, 1.165) is 6.07 Å². The molecular weight excluding hydrogens is 205 g/mol. The average molecular weight is 218 g/mol. The molecule has 0 unspecified atom stereocenters. The molecule has 0 fully saturated rings. The van der Waals surface area contributed by atoms with Crippen LogP contribution < -0.4 is 11.5 Å². The van der Waals surface area contributed by atoms with Gasteiger partial charge in [-0.1, -0.05) is 0 Å². The van der Waals surface area contributed by atoms with E-state index in [2.05, 4.69) is 0 Å². The Labute approximate surface area is 86.1 Å². The van der Waals surface area contributed by atoms with Crippen LogP contribution in [0.1, 0.15) is 29.7 Å². The number of anilines is 1. The molecule has 4 N–H and O–H groups in total. The van der Waals surface area contributed by atoms with Crippen LogP contribution in [0.15, 0.2) is 12.1 Å². The number of alkyl halides is 3. The predicted molar refractivity (Wildman–Crippen MR) is 53.2 cm³/mol. The first kappa shape index (κ1) is 11.8. The first-order valence-corrected chi connectivity index (χ1v) is 4.46. The van der Waals surface area contributed by atoms with Crippen molar-refractivity contribution in [3.63, 3.8) is 0 Å². The zero-order valence-corrected chi connectivity index (χ0v) is 8.52. The molecule has 0 aromatic heterocycles. The van der Waals surface area contributed by atoms with Gasteiger partial charge in [0, 0.05) is 11.7 Å². The summed E-state index contributed by atoms with van der Waals surface area (Å²) in [5.74, 6) is 0. The standard InChI is InChI=1S/C10H13F3N2/c1-5-8(6(2)14)3-7(15)4-9(5)10(11,12)13/h3-4,6H,14-15H2,1-2H3/t6-/m1/s1. The van der Waals surface area contributed by atoms with Gasteiger partial charge in [0.2, 0.25) is 0 Å². The van der Waals surface area contributed by atoms with Crippen molar-refractivity contribution in [2.24, 2.45) is 5.73 Å². The van der Waals surface area contributed by atoms with Gasteiger partial charge >= 0.3 is 6.18 Å². The van der Waals surface area contributed by atoms with Crippen LogP contribution in [0.2, 0.25) is 0 Å². The summed E-state index contributed by atoms with van der Waals surface area (Å²) in [6.45, 7) is 3.03. The van der Waals surface area contributed by atoms with Crippen LogP contribution >= 0.6 is 0 Å². The van der Waals surface area contributed by atoms with Crippen LogP contribution in [0, 0.1) is 6.92 Å². The molecule has 0 aliphatic heterocycles. The third kappa shape index (κ3) is 2.41. The number of nitrogens with two attached hydrogens (primary N) is 2. The van der Waals surface area contributed by atoms with E-state index in [-0.39, 0.29) is 11.3 Å². The average Bonchev–Trinajstić information content (AvgIpc) is 2.06. The maximum atomic E-state index is 12.6. The fourth-order valence-corrected chi connectivity index (χ4v) is 1.53. The molecule has 1 aromatic rings. The number of benzene rings is 1. The molecule has 1 aromatic carbocycles. The highest BCUT2D eigenvalue weighted by Crippen LogP contribution is 2.35. The Kier molecular flexibility index (Phi) is 2.95. The number of halogens is 3. The van der Waals surface area contributed by atoms with Gasteiger partial charge in [-0.2, -0.15) is 13.2 Å². The molecule has 1 atom stereocenters. The van der Waals surface area contributed by atoms with Crippen molar-refractivity contribution in [2.75, 3.05) is 5.73 Å². The minimum Gasteiger partial charge on any atom is -0.399 e. The molecule has 84 valence electrons. The van der Waals surface area contributed by atoms with Crippen molar-refractivity contribution >= 4 is 5.69 Å². The molecule has 15 heavy (non-hydrogen) atoms. The van der Waals surface area contributed by atoms with Gasteiger partial charge in [-0.3, -0.25) is 0 Å². The van der Waals surface area contributed by atoms with E-state index in [1.165, 1.54) is 13.0 Å². The summed E-state index contributed by atoms with van der Waals surface area (Å²) in [5, 5.41) is 0. The first-order valence-electron chi connectivity index (χ1n) is 4.46. The zero-order valence-electron chi connectivity index (χ0n) is 8.52. The van der Waals surface area contributed by atoms with Gasteiger partial charge in [-0.15, -0.1) is 0 Å². The highest BCUT2D eigenvalue weighted by atomic mass is 19.4. The Balaban J connectivity index is 3.42. The fourth-order valence-electron chi connectivity index (χ4n) is 1.53. The Morgan fingerprint density at radius 2 is 1.80 bits per heavy atom. The lowest BCUT2D eigenvalue weighted by Gasteiger charge is -2.17. The summed E-state index contributed by atoms with van der Waals surface area (Å²) in [6.07, 6.45) is -4.39. The highest BCUT2D eigenvalue weighted by Gasteiger charge is 2.33. The van der Waals surface area contributed by atoms with Crippen molar-refractivity contribution in [3.8, 4) is 0 Å². The summed E-state index contributed by atoms with van der Waals surface area (Å²) < 4.78 is 37.7. The number of nitrogen functional groups attached to an aromatic ring is 1. The Morgan fingerprint density at radius 3 is 2.20 bits per heavy atom. The van der Waals surface area contributed by atoms with Crippen LogP contribution in [0.25, 0.3) is 0 Å². The van der Waals surface area contributed by atoms with E-state index in [1.807, 2.05) is 0 Å². The number of hydrogen-bond donors (Lipinski definition) is 2. The highest BCUT2D eigenvalue weighted by molar-refractivity contribution is 5.51. The molecule has 0 spiro atoms. The van der Waals surface area contributed by atoms with Crippen LogP contribution in [-0.4, -0.2) is 0 Å². The molecule has 0 saturated carbocycles. The van der Waals surface area contributed by atoms with E-state index in [9.17, 15) is 13.2 Å². The molecule has 2 nitrogen and oxygen atoms in total. The second-order valence-electron chi connectivity index (χ2n) is 3.57. The summed E-state index contributed by atoms with van der Waals surface area (Å²) >= 11 is 0. The van der Waals surface area contributed by atoms with Gasteiger partial charge in [-0.25, -0.2) is 0 Å². The smallest absolute Gasteiger partial charge is 0.399 e. The molecule has 0 aliphatic carbocycles. The SMILES string of the molecule is Cc1c([C@@H](C)N)cc(N)cc1C(F)(F)F. The molecule has 0 aliphatic rings. The lowest BCUT2D eigenvalue weighted by atomic mass is 9.97. The maximum absolute atomic E-state index is 12.6. The van der Waals surface area contributed by atoms with Crippen LogP contribution in [0.3, 0.4) is 0 Å². The zero-order chi connectivity index (χ0) is 11.8. The van der Waals surface area contributed by atoms with Crippen LogP contribution in [-0.2, 0) is 6.18 Å². The van der Waals surface area contributed by atoms with Gasteiger partial charge < -0.3 is 11.5 Å². The number of rotatable bonds is 1. The van der Waals surface area contributed by atoms with E-state index in [0.29, 0.717) is 5.56 Å². The third-order valence-corrected chi connectivity index (χ3v) is 2.27. The van der Waals surface area contributed by atoms with E-state index >= 15 is 0 Å². The summed E-state index contributed by atoms with van der Waals surface area (Å²) in [4.78, 5) is 0. The van der Waals surface area contributed by atoms with Gasteiger partial charge in [0.1, 0.15) is 0 Å². The number of hydrogen-bond acceptors (Lipinski definition) is 2. The Morgan fingerprint density at radius 1 is 1.27 bits per heavy atom. The van der Waals surface area contributed by atoms with Crippen molar-refractivity contribution in [3.05, 3.63) is 28.8 Å². The molecule has 0 amide bonds. The van der Waals surface area contributed by atoms with Crippen LogP contribution in [0.5, 0.6) is 0 Å². The summed E-state index contributed by atoms with van der Waals surface area (Å²) in [5.41, 5.74) is 10.9. The second-order valence-corrected chi connectivity index (χ2v) is 3.57. The quantitative estimate of drug-likeness (QED) is 0.712. The van der Waals surface area contributed by atoms with Gasteiger partial charge in [0.25, 0.3) is 0 Å². The van der Waals surface area contributed by atoms with Gasteiger partial charge in [-0.05, 0) is 37.1 Å². The topological polar surface area (TPSA) is 52.0 Å². The monoisotopic (exact) mass is 218 g/mol. The van der Waals surface area contributed by atoms with E-state index in [1.54, 1.807) is 6.92 Å². The molecule has 0 bridgehead atoms. The predicted octanol–water partition coefficient (Wildman–Crippen LogP) is 2.62. The normalized spacial score (nSPS) is 14.0. The Hall–Kier alpha value is -1.23. The second kappa shape index (κ2) is 3.73. The van der Waals surface area contributed by atoms with Crippen molar-refractivity contribution in [1.82, 2.24) is 0 Å². The maximum Gasteiger partial charge on any atom is 0.416 e. The van der Waals surface area contributed by atoms with Crippen molar-refractivity contribution < 1.29 is 13.2 Å². The molecule has 0 heterocycles. The van der Waals surface area contributed by atoms with Crippen molar-refractivity contribution in [1.29, 1.82) is 0 Å². The molecule has 0 radical (unpaired) electrons. The minimum atomic E-state index is -4.39. The van der Waals surface area contributed by atoms with Crippen LogP contribution in [0.4, 0.5) is 18.9 Å². The summed E-state index contributed by atoms with van der Waals surface area (Å²) in [7, 11) is 0. The van der Waals surface area contributed by atoms with Crippen molar-refractivity contribution in [2.45, 2.75) is 26.1 Å². The molecule has 0 saturated heterocycles. The lowest BCUT2D eigenvalue weighted by molar-refractivity contribution is -0.138. The largest absolute Gasteiger partial charge is 0.416 e. The van der Waals surface area contributed by atoms with Gasteiger partial charge in [0.15, 0.2) is 0 Å². The Bertz CT molecular complexity index is 370. The van der Waals surface area contributed by atoms with E-state index < -0.39 is 17.8 Å². The van der Waals surface area contributed by atoms with Gasteiger partial charge in [0.05, 0.1) is 5.56 Å². The van der Waals surface area contributed by atoms with E-state index in [4.69, 9.17) is 11.5 Å². The molecule has 5 heteroatoms. The fraction of sp³-hybridized carbons (Fsp3) is 0.400. The molecule has 1 rings (SSSR count). The summed E-state index contributed by atoms with van der Waals surface area (Å²) in [6, 6.07) is 1.95. The first-order chi connectivity index (χ1) is 6.73. The lowest BCUT2D eigenvalue weighted by Crippen LogP contribution is -2.14.